The molecule has 2 rings (SSSR count). The Labute approximate surface area is 178 Å². The lowest BCUT2D eigenvalue weighted by Crippen LogP contribution is -2.43. The third kappa shape index (κ3) is 6.65. The zero-order valence-electron chi connectivity index (χ0n) is 18.1. The Morgan fingerprint density at radius 3 is 2.63 bits per heavy atom. The smallest absolute Gasteiger partial charge is 0.308 e. The second-order valence-electron chi connectivity index (χ2n) is 8.86. The van der Waals surface area contributed by atoms with Gasteiger partial charge in [0.1, 0.15) is 6.10 Å². The molecule has 0 bridgehead atoms. The number of carboxylic acids is 1. The zero-order chi connectivity index (χ0) is 22.4. The van der Waals surface area contributed by atoms with Crippen molar-refractivity contribution in [3.63, 3.8) is 0 Å². The Hall–Kier alpha value is -1.70. The van der Waals surface area contributed by atoms with Crippen molar-refractivity contribution < 1.29 is 34.8 Å². The van der Waals surface area contributed by atoms with Crippen LogP contribution in [0.1, 0.15) is 59.3 Å². The quantitative estimate of drug-likeness (QED) is 0.449. The van der Waals surface area contributed by atoms with Gasteiger partial charge in [0, 0.05) is 24.7 Å². The number of carbonyl (C=O) groups is 2. The SMILES string of the molecule is CC[C@H](C)C(=O)O[C@H]1C[C@@H](O)C=C2C=C[C@H](C)[C@H](CC[C@@H](O)C[C@@H](O)CC(=O)[O-])[C@H]21. The van der Waals surface area contributed by atoms with Crippen LogP contribution < -0.4 is 5.11 Å². The first-order valence-electron chi connectivity index (χ1n) is 11.0. The van der Waals surface area contributed by atoms with Crippen LogP contribution in [-0.2, 0) is 14.3 Å². The lowest BCUT2D eigenvalue weighted by Gasteiger charge is -2.43. The summed E-state index contributed by atoms with van der Waals surface area (Å²) in [7, 11) is 0. The summed E-state index contributed by atoms with van der Waals surface area (Å²) in [6.45, 7) is 5.83. The summed E-state index contributed by atoms with van der Waals surface area (Å²) in [6.07, 6.45) is 4.31. The molecule has 0 spiro atoms. The molecule has 0 unspecified atom stereocenters. The summed E-state index contributed by atoms with van der Waals surface area (Å²) in [5.74, 6) is -1.60. The molecule has 30 heavy (non-hydrogen) atoms. The number of ether oxygens (including phenoxy) is 1. The average Bonchev–Trinajstić information content (AvgIpc) is 2.65. The highest BCUT2D eigenvalue weighted by Gasteiger charge is 2.42. The van der Waals surface area contributed by atoms with E-state index in [4.69, 9.17) is 4.74 Å². The number of esters is 1. The van der Waals surface area contributed by atoms with Crippen molar-refractivity contribution in [3.8, 4) is 0 Å². The van der Waals surface area contributed by atoms with Gasteiger partial charge in [0.2, 0.25) is 0 Å². The number of aliphatic hydroxyl groups is 3. The van der Waals surface area contributed by atoms with Crippen molar-refractivity contribution in [3.05, 3.63) is 23.8 Å². The van der Waals surface area contributed by atoms with Gasteiger partial charge in [-0.15, -0.1) is 0 Å². The van der Waals surface area contributed by atoms with Gasteiger partial charge >= 0.3 is 5.97 Å². The topological polar surface area (TPSA) is 127 Å². The van der Waals surface area contributed by atoms with Crippen molar-refractivity contribution in [2.24, 2.45) is 23.7 Å². The molecule has 0 saturated carbocycles. The minimum absolute atomic E-state index is 0.0244. The summed E-state index contributed by atoms with van der Waals surface area (Å²) in [5.41, 5.74) is 0.949. The van der Waals surface area contributed by atoms with E-state index in [1.165, 1.54) is 0 Å². The van der Waals surface area contributed by atoms with Crippen LogP contribution in [0.2, 0.25) is 0 Å². The number of rotatable bonds is 10. The van der Waals surface area contributed by atoms with Crippen molar-refractivity contribution in [2.45, 2.75) is 83.7 Å². The van der Waals surface area contributed by atoms with Crippen LogP contribution in [0.3, 0.4) is 0 Å². The van der Waals surface area contributed by atoms with Gasteiger partial charge in [0.25, 0.3) is 0 Å². The van der Waals surface area contributed by atoms with E-state index in [-0.39, 0.29) is 36.1 Å². The predicted molar refractivity (Wildman–Crippen MR) is 109 cm³/mol. The van der Waals surface area contributed by atoms with Crippen LogP contribution in [0.4, 0.5) is 0 Å². The van der Waals surface area contributed by atoms with Gasteiger partial charge in [-0.25, -0.2) is 0 Å². The van der Waals surface area contributed by atoms with E-state index < -0.39 is 36.8 Å². The maximum atomic E-state index is 12.4. The van der Waals surface area contributed by atoms with Crippen LogP contribution in [0.25, 0.3) is 0 Å². The molecule has 0 amide bonds. The molecule has 0 radical (unpaired) electrons. The highest BCUT2D eigenvalue weighted by atomic mass is 16.5. The lowest BCUT2D eigenvalue weighted by molar-refractivity contribution is -0.307. The number of aliphatic carboxylic acids is 1. The molecule has 2 aliphatic carbocycles. The van der Waals surface area contributed by atoms with E-state index in [1.54, 1.807) is 0 Å². The van der Waals surface area contributed by atoms with E-state index in [2.05, 4.69) is 13.0 Å². The minimum Gasteiger partial charge on any atom is -0.550 e. The third-order valence-electron chi connectivity index (χ3n) is 6.43. The number of allylic oxidation sites excluding steroid dienone is 2. The lowest BCUT2D eigenvalue weighted by atomic mass is 9.66. The largest absolute Gasteiger partial charge is 0.550 e. The molecule has 2 aliphatic rings. The number of aliphatic hydroxyl groups excluding tert-OH is 3. The first-order valence-corrected chi connectivity index (χ1v) is 11.0. The minimum atomic E-state index is -1.35. The molecule has 0 aromatic rings. The van der Waals surface area contributed by atoms with Gasteiger partial charge in [-0.2, -0.15) is 0 Å². The van der Waals surface area contributed by atoms with Crippen LogP contribution in [-0.4, -0.2) is 51.7 Å². The molecule has 0 aromatic heterocycles. The Morgan fingerprint density at radius 1 is 1.30 bits per heavy atom. The van der Waals surface area contributed by atoms with Gasteiger partial charge in [0.15, 0.2) is 0 Å². The van der Waals surface area contributed by atoms with E-state index in [1.807, 2.05) is 26.0 Å². The highest BCUT2D eigenvalue weighted by Crippen LogP contribution is 2.44. The number of fused-ring (bicyclic) bond motifs is 1. The second-order valence-corrected chi connectivity index (χ2v) is 8.86. The molecule has 8 atom stereocenters. The van der Waals surface area contributed by atoms with E-state index >= 15 is 0 Å². The fraction of sp³-hybridized carbons (Fsp3) is 0.739. The van der Waals surface area contributed by atoms with Crippen LogP contribution in [0.15, 0.2) is 23.8 Å². The Morgan fingerprint density at radius 2 is 2.00 bits per heavy atom. The van der Waals surface area contributed by atoms with Gasteiger partial charge < -0.3 is 30.0 Å². The zero-order valence-corrected chi connectivity index (χ0v) is 18.1. The first-order chi connectivity index (χ1) is 14.1. The predicted octanol–water partition coefficient (Wildman–Crippen LogP) is 1.11. The molecule has 0 saturated heterocycles. The van der Waals surface area contributed by atoms with E-state index in [0.717, 1.165) is 5.57 Å². The van der Waals surface area contributed by atoms with Crippen LogP contribution in [0, 0.1) is 23.7 Å². The van der Waals surface area contributed by atoms with Crippen molar-refractivity contribution >= 4 is 11.9 Å². The molecule has 0 heterocycles. The number of carboxylic acid groups (broad SMARTS) is 1. The van der Waals surface area contributed by atoms with Crippen molar-refractivity contribution in [2.75, 3.05) is 0 Å². The average molecular weight is 424 g/mol. The van der Waals surface area contributed by atoms with Crippen LogP contribution >= 0.6 is 0 Å². The van der Waals surface area contributed by atoms with Gasteiger partial charge in [-0.1, -0.05) is 39.0 Å². The number of carbonyl (C=O) groups excluding carboxylic acids is 2. The van der Waals surface area contributed by atoms with Gasteiger partial charge in [0.05, 0.1) is 24.2 Å². The van der Waals surface area contributed by atoms with Crippen molar-refractivity contribution in [1.29, 1.82) is 0 Å². The number of hydrogen-bond donors (Lipinski definition) is 3. The van der Waals surface area contributed by atoms with Gasteiger partial charge in [-0.3, -0.25) is 4.79 Å². The summed E-state index contributed by atoms with van der Waals surface area (Å²) in [4.78, 5) is 23.0. The third-order valence-corrected chi connectivity index (χ3v) is 6.43. The first kappa shape index (κ1) is 24.6. The maximum absolute atomic E-state index is 12.4. The Bertz CT molecular complexity index is 656. The molecular weight excluding hydrogens is 388 g/mol. The van der Waals surface area contributed by atoms with E-state index in [9.17, 15) is 30.0 Å². The maximum Gasteiger partial charge on any atom is 0.308 e. The van der Waals surface area contributed by atoms with E-state index in [0.29, 0.717) is 25.7 Å². The summed E-state index contributed by atoms with van der Waals surface area (Å²) in [6, 6.07) is 0. The molecule has 7 nitrogen and oxygen atoms in total. The standard InChI is InChI=1S/C23H36O7/c1-4-13(2)23(29)30-20-11-17(25)9-15-6-5-14(3)19(22(15)20)8-7-16(24)10-18(26)12-21(27)28/h5-6,9,13-14,16-20,22,24-26H,4,7-8,10-12H2,1-3H3,(H,27,28)/p-1/t13-,14-,16+,17-,18+,19-,20-,22-/m0/s1. The Kier molecular flexibility index (Phi) is 9.07. The summed E-state index contributed by atoms with van der Waals surface area (Å²) < 4.78 is 5.83. The fourth-order valence-corrected chi connectivity index (χ4v) is 4.51. The van der Waals surface area contributed by atoms with Crippen LogP contribution in [0.5, 0.6) is 0 Å². The number of hydrogen-bond acceptors (Lipinski definition) is 7. The monoisotopic (exact) mass is 423 g/mol. The Balaban J connectivity index is 2.09. The molecule has 0 aliphatic heterocycles. The molecule has 3 N–H and O–H groups in total. The summed E-state index contributed by atoms with van der Waals surface area (Å²) in [5, 5.41) is 40.8. The highest BCUT2D eigenvalue weighted by molar-refractivity contribution is 5.72. The molecule has 0 fully saturated rings. The molecule has 7 heteroatoms. The fourth-order valence-electron chi connectivity index (χ4n) is 4.51. The second kappa shape index (κ2) is 11.1. The molecular formula is C23H35O7-. The van der Waals surface area contributed by atoms with Gasteiger partial charge in [-0.05, 0) is 43.1 Å². The molecule has 0 aromatic carbocycles. The molecule has 170 valence electrons. The summed E-state index contributed by atoms with van der Waals surface area (Å²) >= 11 is 0. The van der Waals surface area contributed by atoms with Crippen molar-refractivity contribution in [1.82, 2.24) is 0 Å². The normalized spacial score (nSPS) is 31.3.